The van der Waals surface area contributed by atoms with E-state index >= 15 is 0 Å². The van der Waals surface area contributed by atoms with Gasteiger partial charge >= 0.3 is 0 Å². The standard InChI is InChI=1S/C12H19N3S/c1-13-9-11-3-2-4-12(14-11)10-15-5-7-16-8-6-15/h2-4,13H,5-10H2,1H3. The van der Waals surface area contributed by atoms with E-state index in [1.807, 2.05) is 18.8 Å². The summed E-state index contributed by atoms with van der Waals surface area (Å²) in [7, 11) is 1.95. The summed E-state index contributed by atoms with van der Waals surface area (Å²) in [6.07, 6.45) is 0. The number of hydrogen-bond donors (Lipinski definition) is 1. The molecule has 1 saturated heterocycles. The molecule has 0 aliphatic carbocycles. The third kappa shape index (κ3) is 3.47. The largest absolute Gasteiger partial charge is 0.314 e. The molecule has 0 unspecified atom stereocenters. The molecule has 3 nitrogen and oxygen atoms in total. The van der Waals surface area contributed by atoms with E-state index in [2.05, 4.69) is 33.4 Å². The van der Waals surface area contributed by atoms with E-state index in [9.17, 15) is 0 Å². The van der Waals surface area contributed by atoms with Gasteiger partial charge in [0, 0.05) is 37.7 Å². The zero-order chi connectivity index (χ0) is 11.2. The van der Waals surface area contributed by atoms with Crippen LogP contribution in [0, 0.1) is 0 Å². The minimum Gasteiger partial charge on any atom is -0.314 e. The van der Waals surface area contributed by atoms with Gasteiger partial charge in [-0.25, -0.2) is 0 Å². The molecule has 16 heavy (non-hydrogen) atoms. The molecule has 1 aromatic rings. The van der Waals surface area contributed by atoms with E-state index in [1.54, 1.807) is 0 Å². The lowest BCUT2D eigenvalue weighted by Crippen LogP contribution is -2.32. The number of aromatic nitrogens is 1. The SMILES string of the molecule is CNCc1cccc(CN2CCSCC2)n1. The highest BCUT2D eigenvalue weighted by atomic mass is 32.2. The first-order valence-corrected chi connectivity index (χ1v) is 6.93. The number of thioether (sulfide) groups is 1. The molecule has 2 heterocycles. The van der Waals surface area contributed by atoms with Gasteiger partial charge in [-0.15, -0.1) is 0 Å². The highest BCUT2D eigenvalue weighted by Crippen LogP contribution is 2.12. The van der Waals surface area contributed by atoms with E-state index in [0.717, 1.165) is 18.8 Å². The van der Waals surface area contributed by atoms with Crippen LogP contribution in [0.4, 0.5) is 0 Å². The van der Waals surface area contributed by atoms with Gasteiger partial charge in [0.2, 0.25) is 0 Å². The predicted octanol–water partition coefficient (Wildman–Crippen LogP) is 1.35. The molecule has 0 amide bonds. The molecule has 1 aliphatic rings. The number of nitrogens with one attached hydrogen (secondary N) is 1. The Morgan fingerprint density at radius 3 is 2.81 bits per heavy atom. The van der Waals surface area contributed by atoms with Crippen molar-refractivity contribution < 1.29 is 0 Å². The zero-order valence-electron chi connectivity index (χ0n) is 9.78. The molecule has 0 aromatic carbocycles. The Balaban J connectivity index is 1.94. The Hall–Kier alpha value is -0.580. The van der Waals surface area contributed by atoms with Gasteiger partial charge in [-0.2, -0.15) is 11.8 Å². The molecule has 1 N–H and O–H groups in total. The van der Waals surface area contributed by atoms with Gasteiger partial charge in [-0.1, -0.05) is 6.07 Å². The van der Waals surface area contributed by atoms with Crippen molar-refractivity contribution in [3.8, 4) is 0 Å². The van der Waals surface area contributed by atoms with Crippen molar-refractivity contribution in [2.75, 3.05) is 31.6 Å². The quantitative estimate of drug-likeness (QED) is 0.855. The van der Waals surface area contributed by atoms with Crippen LogP contribution in [0.15, 0.2) is 18.2 Å². The maximum Gasteiger partial charge on any atom is 0.0547 e. The predicted molar refractivity (Wildman–Crippen MR) is 69.6 cm³/mol. The average Bonchev–Trinajstić information content (AvgIpc) is 2.31. The molecule has 4 heteroatoms. The maximum atomic E-state index is 4.65. The zero-order valence-corrected chi connectivity index (χ0v) is 10.6. The molecule has 1 aliphatic heterocycles. The van der Waals surface area contributed by atoms with Crippen molar-refractivity contribution >= 4 is 11.8 Å². The van der Waals surface area contributed by atoms with E-state index in [-0.39, 0.29) is 0 Å². The molecule has 1 aromatic heterocycles. The fourth-order valence-corrected chi connectivity index (χ4v) is 2.86. The van der Waals surface area contributed by atoms with Gasteiger partial charge in [0.05, 0.1) is 11.4 Å². The normalized spacial score (nSPS) is 17.6. The van der Waals surface area contributed by atoms with Gasteiger partial charge in [-0.3, -0.25) is 9.88 Å². The first-order chi connectivity index (χ1) is 7.88. The van der Waals surface area contributed by atoms with E-state index in [0.29, 0.717) is 0 Å². The number of hydrogen-bond acceptors (Lipinski definition) is 4. The van der Waals surface area contributed by atoms with Crippen LogP contribution in [0.1, 0.15) is 11.4 Å². The van der Waals surface area contributed by atoms with Crippen LogP contribution in [-0.2, 0) is 13.1 Å². The highest BCUT2D eigenvalue weighted by Gasteiger charge is 2.11. The second-order valence-corrected chi connectivity index (χ2v) is 5.26. The minimum atomic E-state index is 0.851. The van der Waals surface area contributed by atoms with E-state index in [4.69, 9.17) is 0 Å². The van der Waals surface area contributed by atoms with Crippen LogP contribution in [0.3, 0.4) is 0 Å². The van der Waals surface area contributed by atoms with E-state index in [1.165, 1.54) is 30.3 Å². The van der Waals surface area contributed by atoms with Crippen LogP contribution < -0.4 is 5.32 Å². The molecule has 0 saturated carbocycles. The summed E-state index contributed by atoms with van der Waals surface area (Å²) in [5.74, 6) is 2.52. The number of pyridine rings is 1. The van der Waals surface area contributed by atoms with Gasteiger partial charge < -0.3 is 5.32 Å². The summed E-state index contributed by atoms with van der Waals surface area (Å²) in [5, 5.41) is 3.14. The average molecular weight is 237 g/mol. The van der Waals surface area contributed by atoms with Crippen LogP contribution >= 0.6 is 11.8 Å². The molecule has 88 valence electrons. The first kappa shape index (κ1) is 11.9. The Morgan fingerprint density at radius 1 is 1.31 bits per heavy atom. The third-order valence-electron chi connectivity index (χ3n) is 2.71. The Bertz CT molecular complexity index is 324. The lowest BCUT2D eigenvalue weighted by Gasteiger charge is -2.25. The van der Waals surface area contributed by atoms with Gasteiger partial charge in [0.25, 0.3) is 0 Å². The second-order valence-electron chi connectivity index (χ2n) is 4.04. The summed E-state index contributed by atoms with van der Waals surface area (Å²) < 4.78 is 0. The smallest absolute Gasteiger partial charge is 0.0547 e. The van der Waals surface area contributed by atoms with Gasteiger partial charge in [0.15, 0.2) is 0 Å². The molecule has 0 bridgehead atoms. The summed E-state index contributed by atoms with van der Waals surface area (Å²) in [4.78, 5) is 7.13. The second kappa shape index (κ2) is 6.23. The lowest BCUT2D eigenvalue weighted by molar-refractivity contribution is 0.291. The molecule has 0 spiro atoms. The van der Waals surface area contributed by atoms with Crippen LogP contribution in [-0.4, -0.2) is 41.5 Å². The van der Waals surface area contributed by atoms with Crippen molar-refractivity contribution in [1.29, 1.82) is 0 Å². The van der Waals surface area contributed by atoms with Gasteiger partial charge in [-0.05, 0) is 19.2 Å². The monoisotopic (exact) mass is 237 g/mol. The fourth-order valence-electron chi connectivity index (χ4n) is 1.89. The number of rotatable bonds is 4. The Kier molecular flexibility index (Phi) is 4.63. The van der Waals surface area contributed by atoms with Crippen molar-refractivity contribution in [2.45, 2.75) is 13.1 Å². The van der Waals surface area contributed by atoms with Crippen molar-refractivity contribution in [2.24, 2.45) is 0 Å². The van der Waals surface area contributed by atoms with Crippen molar-refractivity contribution in [3.63, 3.8) is 0 Å². The first-order valence-electron chi connectivity index (χ1n) is 5.78. The Morgan fingerprint density at radius 2 is 2.06 bits per heavy atom. The minimum absolute atomic E-state index is 0.851. The molecule has 2 rings (SSSR count). The van der Waals surface area contributed by atoms with E-state index < -0.39 is 0 Å². The summed E-state index contributed by atoms with van der Waals surface area (Å²) >= 11 is 2.05. The summed E-state index contributed by atoms with van der Waals surface area (Å²) in [6.45, 7) is 4.24. The Labute approximate surface area is 102 Å². The lowest BCUT2D eigenvalue weighted by atomic mass is 10.3. The molecule has 0 radical (unpaired) electrons. The van der Waals surface area contributed by atoms with Crippen LogP contribution in [0.5, 0.6) is 0 Å². The highest BCUT2D eigenvalue weighted by molar-refractivity contribution is 7.99. The van der Waals surface area contributed by atoms with Crippen molar-refractivity contribution in [1.82, 2.24) is 15.2 Å². The van der Waals surface area contributed by atoms with Gasteiger partial charge in [0.1, 0.15) is 0 Å². The molecular formula is C12H19N3S. The summed E-state index contributed by atoms with van der Waals surface area (Å²) in [5.41, 5.74) is 2.33. The summed E-state index contributed by atoms with van der Waals surface area (Å²) in [6, 6.07) is 6.31. The number of nitrogens with zero attached hydrogens (tertiary/aromatic N) is 2. The molecule has 0 atom stereocenters. The van der Waals surface area contributed by atoms with Crippen LogP contribution in [0.25, 0.3) is 0 Å². The fraction of sp³-hybridized carbons (Fsp3) is 0.583. The maximum absolute atomic E-state index is 4.65. The molecular weight excluding hydrogens is 218 g/mol. The topological polar surface area (TPSA) is 28.2 Å². The molecule has 1 fully saturated rings. The van der Waals surface area contributed by atoms with Crippen molar-refractivity contribution in [3.05, 3.63) is 29.6 Å². The van der Waals surface area contributed by atoms with Crippen LogP contribution in [0.2, 0.25) is 0 Å². The third-order valence-corrected chi connectivity index (χ3v) is 3.65.